The summed E-state index contributed by atoms with van der Waals surface area (Å²) in [4.78, 5) is 0. The summed E-state index contributed by atoms with van der Waals surface area (Å²) in [7, 11) is 0. The summed E-state index contributed by atoms with van der Waals surface area (Å²) < 4.78 is 0. The largest absolute Gasteiger partial charge is 0.390 e. The summed E-state index contributed by atoms with van der Waals surface area (Å²) in [5.74, 6) is 0.727. The minimum Gasteiger partial charge on any atom is -0.390 e. The third kappa shape index (κ3) is 3.91. The van der Waals surface area contributed by atoms with Crippen molar-refractivity contribution in [2.45, 2.75) is 51.6 Å². The van der Waals surface area contributed by atoms with Crippen LogP contribution in [0.5, 0.6) is 0 Å². The Morgan fingerprint density at radius 3 is 2.75 bits per heavy atom. The van der Waals surface area contributed by atoms with Gasteiger partial charge in [-0.1, -0.05) is 12.2 Å². The van der Waals surface area contributed by atoms with Crippen LogP contribution in [0.4, 0.5) is 0 Å². The summed E-state index contributed by atoms with van der Waals surface area (Å²) in [5.41, 5.74) is -0.481. The second-order valence-electron chi connectivity index (χ2n) is 4.47. The standard InChI is InChI=1S/C11H20O/c1-11(2,12)9-8-10-6-4-3-5-7-10/h4,6,10,12H,3,5,7-9H2,1-2H3/t10-/m1/s1. The first-order chi connectivity index (χ1) is 5.58. The molecule has 1 atom stereocenters. The molecular weight excluding hydrogens is 148 g/mol. The van der Waals surface area contributed by atoms with Crippen molar-refractivity contribution in [3.63, 3.8) is 0 Å². The Morgan fingerprint density at radius 2 is 2.25 bits per heavy atom. The van der Waals surface area contributed by atoms with E-state index in [0.717, 1.165) is 18.8 Å². The third-order valence-electron chi connectivity index (χ3n) is 2.48. The Bertz CT molecular complexity index is 153. The Morgan fingerprint density at radius 1 is 1.50 bits per heavy atom. The van der Waals surface area contributed by atoms with E-state index in [2.05, 4.69) is 12.2 Å². The minimum absolute atomic E-state index is 0.481. The first kappa shape index (κ1) is 9.79. The monoisotopic (exact) mass is 168 g/mol. The molecule has 0 amide bonds. The predicted molar refractivity (Wildman–Crippen MR) is 52.0 cm³/mol. The third-order valence-corrected chi connectivity index (χ3v) is 2.48. The molecule has 12 heavy (non-hydrogen) atoms. The molecule has 0 unspecified atom stereocenters. The van der Waals surface area contributed by atoms with Gasteiger partial charge in [0.2, 0.25) is 0 Å². The first-order valence-corrected chi connectivity index (χ1v) is 4.97. The average Bonchev–Trinajstić information content (AvgIpc) is 2.02. The van der Waals surface area contributed by atoms with Crippen molar-refractivity contribution in [2.75, 3.05) is 0 Å². The molecule has 0 aromatic heterocycles. The van der Waals surface area contributed by atoms with Gasteiger partial charge in [0.05, 0.1) is 5.60 Å². The van der Waals surface area contributed by atoms with E-state index in [0.29, 0.717) is 0 Å². The van der Waals surface area contributed by atoms with E-state index in [-0.39, 0.29) is 0 Å². The van der Waals surface area contributed by atoms with Crippen LogP contribution in [0.25, 0.3) is 0 Å². The zero-order chi connectivity index (χ0) is 9.03. The number of hydrogen-bond acceptors (Lipinski definition) is 1. The number of aliphatic hydroxyl groups is 1. The topological polar surface area (TPSA) is 20.2 Å². The van der Waals surface area contributed by atoms with Crippen LogP contribution in [0, 0.1) is 5.92 Å². The van der Waals surface area contributed by atoms with E-state index in [1.54, 1.807) is 0 Å². The van der Waals surface area contributed by atoms with E-state index < -0.39 is 5.60 Å². The molecule has 0 aromatic carbocycles. The molecule has 0 bridgehead atoms. The minimum atomic E-state index is -0.481. The Hall–Kier alpha value is -0.300. The second kappa shape index (κ2) is 4.08. The van der Waals surface area contributed by atoms with Gasteiger partial charge in [0.15, 0.2) is 0 Å². The zero-order valence-corrected chi connectivity index (χ0v) is 8.21. The van der Waals surface area contributed by atoms with Gasteiger partial charge in [0.1, 0.15) is 0 Å². The van der Waals surface area contributed by atoms with Crippen LogP contribution >= 0.6 is 0 Å². The van der Waals surface area contributed by atoms with Crippen molar-refractivity contribution in [3.8, 4) is 0 Å². The van der Waals surface area contributed by atoms with Crippen LogP contribution in [0.15, 0.2) is 12.2 Å². The van der Waals surface area contributed by atoms with Gasteiger partial charge in [-0.2, -0.15) is 0 Å². The van der Waals surface area contributed by atoms with Gasteiger partial charge in [0.25, 0.3) is 0 Å². The van der Waals surface area contributed by atoms with Gasteiger partial charge < -0.3 is 5.11 Å². The van der Waals surface area contributed by atoms with Crippen molar-refractivity contribution in [2.24, 2.45) is 5.92 Å². The number of hydrogen-bond donors (Lipinski definition) is 1. The van der Waals surface area contributed by atoms with Crippen molar-refractivity contribution < 1.29 is 5.11 Å². The molecular formula is C11H20O. The Balaban J connectivity index is 2.22. The SMILES string of the molecule is CC(C)(O)CC[C@@H]1C=CCCC1. The van der Waals surface area contributed by atoms with Gasteiger partial charge in [-0.15, -0.1) is 0 Å². The van der Waals surface area contributed by atoms with Crippen LogP contribution in [-0.4, -0.2) is 10.7 Å². The van der Waals surface area contributed by atoms with Gasteiger partial charge in [-0.3, -0.25) is 0 Å². The Labute approximate surface area is 75.5 Å². The predicted octanol–water partition coefficient (Wildman–Crippen LogP) is 2.89. The van der Waals surface area contributed by atoms with Gasteiger partial charge >= 0.3 is 0 Å². The van der Waals surface area contributed by atoms with E-state index >= 15 is 0 Å². The summed E-state index contributed by atoms with van der Waals surface area (Å²) in [6, 6.07) is 0. The smallest absolute Gasteiger partial charge is 0.0592 e. The fraction of sp³-hybridized carbons (Fsp3) is 0.818. The molecule has 1 N–H and O–H groups in total. The van der Waals surface area contributed by atoms with Gasteiger partial charge in [0, 0.05) is 0 Å². The average molecular weight is 168 g/mol. The lowest BCUT2D eigenvalue weighted by Crippen LogP contribution is -2.19. The summed E-state index contributed by atoms with van der Waals surface area (Å²) >= 11 is 0. The number of allylic oxidation sites excluding steroid dienone is 2. The highest BCUT2D eigenvalue weighted by atomic mass is 16.3. The quantitative estimate of drug-likeness (QED) is 0.642. The highest BCUT2D eigenvalue weighted by molar-refractivity contribution is 4.93. The molecule has 0 aromatic rings. The Kier molecular flexibility index (Phi) is 3.33. The highest BCUT2D eigenvalue weighted by Crippen LogP contribution is 2.24. The van der Waals surface area contributed by atoms with Gasteiger partial charge in [-0.25, -0.2) is 0 Å². The van der Waals surface area contributed by atoms with Crippen molar-refractivity contribution in [3.05, 3.63) is 12.2 Å². The van der Waals surface area contributed by atoms with E-state index in [1.165, 1.54) is 19.3 Å². The maximum absolute atomic E-state index is 9.52. The molecule has 0 saturated carbocycles. The lowest BCUT2D eigenvalue weighted by Gasteiger charge is -2.21. The fourth-order valence-corrected chi connectivity index (χ4v) is 1.66. The van der Waals surface area contributed by atoms with Crippen molar-refractivity contribution in [1.29, 1.82) is 0 Å². The first-order valence-electron chi connectivity index (χ1n) is 4.97. The molecule has 0 spiro atoms. The number of rotatable bonds is 3. The second-order valence-corrected chi connectivity index (χ2v) is 4.47. The zero-order valence-electron chi connectivity index (χ0n) is 8.21. The molecule has 0 saturated heterocycles. The maximum Gasteiger partial charge on any atom is 0.0592 e. The highest BCUT2D eigenvalue weighted by Gasteiger charge is 2.15. The van der Waals surface area contributed by atoms with Crippen molar-refractivity contribution in [1.82, 2.24) is 0 Å². The van der Waals surface area contributed by atoms with Gasteiger partial charge in [-0.05, 0) is 51.9 Å². The molecule has 0 fully saturated rings. The summed E-state index contributed by atoms with van der Waals surface area (Å²) in [5, 5.41) is 9.52. The molecule has 1 rings (SSSR count). The van der Waals surface area contributed by atoms with E-state index in [4.69, 9.17) is 0 Å². The molecule has 0 aliphatic heterocycles. The molecule has 0 heterocycles. The maximum atomic E-state index is 9.52. The van der Waals surface area contributed by atoms with Crippen LogP contribution in [0.1, 0.15) is 46.0 Å². The summed E-state index contributed by atoms with van der Waals surface area (Å²) in [6.07, 6.45) is 10.5. The normalized spacial score (nSPS) is 24.4. The molecule has 1 heteroatoms. The molecule has 1 nitrogen and oxygen atoms in total. The van der Waals surface area contributed by atoms with Crippen molar-refractivity contribution >= 4 is 0 Å². The molecule has 1 aliphatic rings. The van der Waals surface area contributed by atoms with Crippen LogP contribution in [0.2, 0.25) is 0 Å². The summed E-state index contributed by atoms with van der Waals surface area (Å²) in [6.45, 7) is 3.78. The van der Waals surface area contributed by atoms with Crippen LogP contribution < -0.4 is 0 Å². The molecule has 70 valence electrons. The molecule has 1 aliphatic carbocycles. The molecule has 0 radical (unpaired) electrons. The fourth-order valence-electron chi connectivity index (χ4n) is 1.66. The van der Waals surface area contributed by atoms with Crippen LogP contribution in [-0.2, 0) is 0 Å². The lowest BCUT2D eigenvalue weighted by atomic mass is 9.88. The lowest BCUT2D eigenvalue weighted by molar-refractivity contribution is 0.0649. The van der Waals surface area contributed by atoms with Crippen LogP contribution in [0.3, 0.4) is 0 Å². The van der Waals surface area contributed by atoms with E-state index in [9.17, 15) is 5.11 Å². The van der Waals surface area contributed by atoms with E-state index in [1.807, 2.05) is 13.8 Å².